The van der Waals surface area contributed by atoms with Gasteiger partial charge in [0.05, 0.1) is 5.25 Å². The van der Waals surface area contributed by atoms with E-state index in [4.69, 9.17) is 0 Å². The number of carbonyl (C=O) groups excluding carboxylic acids is 3. The number of nitrogens with one attached hydrogen (secondary N) is 3. The van der Waals surface area contributed by atoms with Crippen molar-refractivity contribution in [1.82, 2.24) is 5.32 Å². The Balaban J connectivity index is 1.50. The molecule has 0 saturated heterocycles. The van der Waals surface area contributed by atoms with Crippen molar-refractivity contribution in [1.29, 1.82) is 0 Å². The number of thioether (sulfide) groups is 1. The highest BCUT2D eigenvalue weighted by Gasteiger charge is 2.25. The van der Waals surface area contributed by atoms with Crippen molar-refractivity contribution in [2.24, 2.45) is 0 Å². The number of hydrogen-bond donors (Lipinski definition) is 3. The van der Waals surface area contributed by atoms with Crippen LogP contribution >= 0.6 is 11.8 Å². The zero-order chi connectivity index (χ0) is 30.9. The Labute approximate surface area is 249 Å². The molecule has 11 heteroatoms. The van der Waals surface area contributed by atoms with Gasteiger partial charge < -0.3 is 16.0 Å². The molecule has 6 nitrogen and oxygen atoms in total. The maximum Gasteiger partial charge on any atom is 0.272 e. The van der Waals surface area contributed by atoms with Crippen molar-refractivity contribution in [3.05, 3.63) is 131 Å². The van der Waals surface area contributed by atoms with Gasteiger partial charge in [0.1, 0.15) is 11.4 Å². The number of hydrogen-bond acceptors (Lipinski definition) is 4. The normalized spacial score (nSPS) is 11.9. The second-order valence-electron chi connectivity index (χ2n) is 9.12. The fourth-order valence-electron chi connectivity index (χ4n) is 3.88. The Bertz CT molecular complexity index is 1640. The van der Waals surface area contributed by atoms with Gasteiger partial charge in [-0.3, -0.25) is 14.4 Å². The van der Waals surface area contributed by atoms with E-state index in [9.17, 15) is 31.9 Å². The molecule has 0 radical (unpaired) electrons. The van der Waals surface area contributed by atoms with Gasteiger partial charge in [-0.25, -0.2) is 17.6 Å². The first-order chi connectivity index (χ1) is 20.7. The molecule has 0 spiro atoms. The van der Waals surface area contributed by atoms with Crippen molar-refractivity contribution in [3.63, 3.8) is 0 Å². The molecule has 4 aromatic rings. The van der Waals surface area contributed by atoms with Crippen LogP contribution in [0, 0.1) is 23.3 Å². The Kier molecular flexibility index (Phi) is 10.3. The Morgan fingerprint density at radius 1 is 0.791 bits per heavy atom. The van der Waals surface area contributed by atoms with Gasteiger partial charge in [-0.2, -0.15) is 0 Å². The average Bonchev–Trinajstić information content (AvgIpc) is 3.01. The van der Waals surface area contributed by atoms with Crippen LogP contribution in [-0.4, -0.2) is 23.0 Å². The molecule has 0 aliphatic rings. The number of carbonyl (C=O) groups is 3. The van der Waals surface area contributed by atoms with Crippen molar-refractivity contribution >= 4 is 46.9 Å². The molecule has 1 atom stereocenters. The first-order valence-electron chi connectivity index (χ1n) is 13.0. The number of benzene rings is 4. The molecule has 0 aliphatic heterocycles. The minimum Gasteiger partial charge on any atom is -0.321 e. The van der Waals surface area contributed by atoms with Crippen molar-refractivity contribution in [2.45, 2.75) is 23.5 Å². The average molecular weight is 608 g/mol. The van der Waals surface area contributed by atoms with E-state index in [0.717, 1.165) is 11.8 Å². The summed E-state index contributed by atoms with van der Waals surface area (Å²) in [5.74, 6) is -8.67. The molecule has 4 rings (SSSR count). The van der Waals surface area contributed by atoms with Crippen LogP contribution in [-0.2, 0) is 9.59 Å². The van der Waals surface area contributed by atoms with Crippen LogP contribution in [0.4, 0.5) is 28.9 Å². The molecule has 0 heterocycles. The molecule has 0 fully saturated rings. The van der Waals surface area contributed by atoms with Crippen LogP contribution in [0.2, 0.25) is 0 Å². The van der Waals surface area contributed by atoms with Gasteiger partial charge in [-0.15, -0.1) is 11.8 Å². The van der Waals surface area contributed by atoms with Crippen LogP contribution in [0.25, 0.3) is 6.08 Å². The second-order valence-corrected chi connectivity index (χ2v) is 10.4. The van der Waals surface area contributed by atoms with Crippen molar-refractivity contribution < 1.29 is 31.9 Å². The summed E-state index contributed by atoms with van der Waals surface area (Å²) in [6.45, 7) is 1.65. The van der Waals surface area contributed by atoms with Gasteiger partial charge >= 0.3 is 0 Å². The summed E-state index contributed by atoms with van der Waals surface area (Å²) in [6.07, 6.45) is 1.73. The molecule has 3 N–H and O–H groups in total. The number of rotatable bonds is 10. The standard InChI is InChI=1S/C32H25F4N3O3S/c1-2-26(32(42)39-29-27(35)23(33)18-24(34)28(29)36)43-22-15-9-14-21(17-22)37-31(41)25(16-19-10-5-3-6-11-19)38-30(40)20-12-7-4-8-13-20/h3-18,26H,2H2,1H3,(H,37,41)(H,38,40)(H,39,42)/b25-16-. The summed E-state index contributed by atoms with van der Waals surface area (Å²) in [5.41, 5.74) is 0.140. The first-order valence-corrected chi connectivity index (χ1v) is 13.9. The van der Waals surface area contributed by atoms with E-state index in [1.165, 1.54) is 6.08 Å². The SMILES string of the molecule is CCC(Sc1cccc(NC(=O)/C(=C/c2ccccc2)NC(=O)c2ccccc2)c1)C(=O)Nc1c(F)c(F)cc(F)c1F. The molecule has 1 unspecified atom stereocenters. The van der Waals surface area contributed by atoms with Gasteiger partial charge in [0, 0.05) is 22.2 Å². The highest BCUT2D eigenvalue weighted by molar-refractivity contribution is 8.00. The van der Waals surface area contributed by atoms with Crippen molar-refractivity contribution in [3.8, 4) is 0 Å². The summed E-state index contributed by atoms with van der Waals surface area (Å²) in [4.78, 5) is 39.4. The predicted molar refractivity (Wildman–Crippen MR) is 158 cm³/mol. The Hall–Kier alpha value is -4.90. The van der Waals surface area contributed by atoms with Crippen LogP contribution < -0.4 is 16.0 Å². The molecule has 220 valence electrons. The maximum absolute atomic E-state index is 14.1. The monoisotopic (exact) mass is 607 g/mol. The minimum atomic E-state index is -1.71. The first kappa shape index (κ1) is 31.0. The molecule has 0 bridgehead atoms. The third-order valence-electron chi connectivity index (χ3n) is 6.03. The Morgan fingerprint density at radius 2 is 1.42 bits per heavy atom. The molecule has 43 heavy (non-hydrogen) atoms. The highest BCUT2D eigenvalue weighted by atomic mass is 32.2. The lowest BCUT2D eigenvalue weighted by Crippen LogP contribution is -2.30. The van der Waals surface area contributed by atoms with Gasteiger partial charge in [-0.1, -0.05) is 61.5 Å². The van der Waals surface area contributed by atoms with Crippen LogP contribution in [0.15, 0.2) is 102 Å². The lowest BCUT2D eigenvalue weighted by atomic mass is 10.1. The van der Waals surface area contributed by atoms with E-state index in [1.54, 1.807) is 85.8 Å². The van der Waals surface area contributed by atoms with E-state index >= 15 is 0 Å². The smallest absolute Gasteiger partial charge is 0.272 e. The minimum absolute atomic E-state index is 0.0182. The van der Waals surface area contributed by atoms with E-state index < -0.39 is 51.9 Å². The Morgan fingerprint density at radius 3 is 2.05 bits per heavy atom. The summed E-state index contributed by atoms with van der Waals surface area (Å²) >= 11 is 1.02. The van der Waals surface area contributed by atoms with Gasteiger partial charge in [0.2, 0.25) is 5.91 Å². The quantitative estimate of drug-likeness (QED) is 0.0773. The fourth-order valence-corrected chi connectivity index (χ4v) is 4.89. The van der Waals surface area contributed by atoms with Crippen LogP contribution in [0.3, 0.4) is 0 Å². The summed E-state index contributed by atoms with van der Waals surface area (Å²) in [6, 6.07) is 23.8. The number of halogens is 4. The summed E-state index contributed by atoms with van der Waals surface area (Å²) < 4.78 is 55.3. The fraction of sp³-hybridized carbons (Fsp3) is 0.0938. The lowest BCUT2D eigenvalue weighted by molar-refractivity contribution is -0.116. The summed E-state index contributed by atoms with van der Waals surface area (Å²) in [5, 5.41) is 6.41. The third kappa shape index (κ3) is 8.10. The summed E-state index contributed by atoms with van der Waals surface area (Å²) in [7, 11) is 0. The van der Waals surface area contributed by atoms with E-state index in [1.807, 2.05) is 11.4 Å². The topological polar surface area (TPSA) is 87.3 Å². The maximum atomic E-state index is 14.1. The highest BCUT2D eigenvalue weighted by Crippen LogP contribution is 2.30. The number of anilines is 2. The van der Waals surface area contributed by atoms with Crippen LogP contribution in [0.1, 0.15) is 29.3 Å². The molecule has 0 saturated carbocycles. The molecular weight excluding hydrogens is 582 g/mol. The van der Waals surface area contributed by atoms with Crippen molar-refractivity contribution in [2.75, 3.05) is 10.6 Å². The zero-order valence-electron chi connectivity index (χ0n) is 22.7. The zero-order valence-corrected chi connectivity index (χ0v) is 23.5. The van der Waals surface area contributed by atoms with Gasteiger partial charge in [-0.05, 0) is 48.4 Å². The largest absolute Gasteiger partial charge is 0.321 e. The van der Waals surface area contributed by atoms with E-state index in [2.05, 4.69) is 10.6 Å². The second kappa shape index (κ2) is 14.3. The van der Waals surface area contributed by atoms with E-state index in [-0.39, 0.29) is 18.2 Å². The molecule has 0 aliphatic carbocycles. The molecule has 4 aromatic carbocycles. The number of amides is 3. The van der Waals surface area contributed by atoms with Gasteiger partial charge in [0.25, 0.3) is 11.8 Å². The lowest BCUT2D eigenvalue weighted by Gasteiger charge is -2.17. The molecule has 0 aromatic heterocycles. The van der Waals surface area contributed by atoms with Crippen LogP contribution in [0.5, 0.6) is 0 Å². The third-order valence-corrected chi connectivity index (χ3v) is 7.39. The predicted octanol–water partition coefficient (Wildman–Crippen LogP) is 7.16. The van der Waals surface area contributed by atoms with Gasteiger partial charge in [0.15, 0.2) is 23.3 Å². The van der Waals surface area contributed by atoms with E-state index in [0.29, 0.717) is 21.7 Å². The molecular formula is C32H25F4N3O3S. The molecule has 3 amide bonds.